The van der Waals surface area contributed by atoms with Crippen molar-refractivity contribution in [2.75, 3.05) is 0 Å². The van der Waals surface area contributed by atoms with Gasteiger partial charge in [-0.25, -0.2) is 0 Å². The first-order valence-corrected chi connectivity index (χ1v) is 6.45. The number of imide groups is 1. The van der Waals surface area contributed by atoms with Crippen molar-refractivity contribution in [2.45, 2.75) is 32.1 Å². The van der Waals surface area contributed by atoms with Crippen molar-refractivity contribution in [3.05, 3.63) is 0 Å². The fourth-order valence-electron chi connectivity index (χ4n) is 3.29. The van der Waals surface area contributed by atoms with Crippen molar-refractivity contribution in [1.82, 2.24) is 5.32 Å². The van der Waals surface area contributed by atoms with E-state index < -0.39 is 34.2 Å². The molecule has 18 heavy (non-hydrogen) atoms. The van der Waals surface area contributed by atoms with Gasteiger partial charge in [0.1, 0.15) is 11.8 Å². The molecule has 1 saturated heterocycles. The lowest BCUT2D eigenvalue weighted by atomic mass is 9.57. The Morgan fingerprint density at radius 1 is 1.28 bits per heavy atom. The summed E-state index contributed by atoms with van der Waals surface area (Å²) >= 11 is 3.77. The van der Waals surface area contributed by atoms with Gasteiger partial charge in [0.05, 0.1) is 6.07 Å². The smallest absolute Gasteiger partial charge is 0.244 e. The number of hydrogen-bond acceptors (Lipinski definition) is 4. The molecule has 2 atom stereocenters. The van der Waals surface area contributed by atoms with E-state index in [4.69, 9.17) is 0 Å². The maximum atomic E-state index is 11.9. The molecule has 1 aliphatic carbocycles. The third-order valence-corrected chi connectivity index (χ3v) is 4.34. The molecule has 1 aliphatic heterocycles. The summed E-state index contributed by atoms with van der Waals surface area (Å²) in [6.45, 7) is 0. The zero-order chi connectivity index (χ0) is 13.3. The minimum Gasteiger partial charge on any atom is -0.295 e. The molecule has 0 bridgehead atoms. The van der Waals surface area contributed by atoms with Gasteiger partial charge in [0.25, 0.3) is 0 Å². The lowest BCUT2D eigenvalue weighted by Crippen LogP contribution is -2.60. The third-order valence-electron chi connectivity index (χ3n) is 4.08. The van der Waals surface area contributed by atoms with Gasteiger partial charge in [-0.2, -0.15) is 5.26 Å². The van der Waals surface area contributed by atoms with Crippen LogP contribution in [0.5, 0.6) is 0 Å². The highest BCUT2D eigenvalue weighted by Crippen LogP contribution is 2.50. The topological polar surface area (TPSA) is 87.0 Å². The van der Waals surface area contributed by atoms with Crippen LogP contribution in [0.25, 0.3) is 0 Å². The van der Waals surface area contributed by atoms with Gasteiger partial charge in [0.2, 0.25) is 11.8 Å². The Balaban J connectivity index is 2.49. The number of hydrogen-bond donors (Lipinski definition) is 2. The van der Waals surface area contributed by atoms with E-state index in [1.165, 1.54) is 0 Å². The zero-order valence-electron chi connectivity index (χ0n) is 9.81. The van der Waals surface area contributed by atoms with Crippen LogP contribution in [-0.2, 0) is 14.4 Å². The van der Waals surface area contributed by atoms with E-state index in [0.717, 1.165) is 19.3 Å². The van der Waals surface area contributed by atoms with E-state index in [2.05, 4.69) is 17.9 Å². The van der Waals surface area contributed by atoms with Gasteiger partial charge in [0, 0.05) is 5.41 Å². The first kappa shape index (κ1) is 13.1. The Labute approximate surface area is 110 Å². The minimum atomic E-state index is -0.983. The van der Waals surface area contributed by atoms with Crippen LogP contribution in [0.2, 0.25) is 0 Å². The van der Waals surface area contributed by atoms with Gasteiger partial charge < -0.3 is 0 Å². The largest absolute Gasteiger partial charge is 0.295 e. The maximum absolute atomic E-state index is 11.9. The molecule has 5 nitrogen and oxygen atoms in total. The van der Waals surface area contributed by atoms with Crippen molar-refractivity contribution in [3.8, 4) is 6.07 Å². The second-order valence-corrected chi connectivity index (χ2v) is 5.42. The van der Waals surface area contributed by atoms with Crippen LogP contribution in [0.15, 0.2) is 0 Å². The highest BCUT2D eigenvalue weighted by molar-refractivity contribution is 7.96. The fraction of sp³-hybridized carbons (Fsp3) is 0.667. The Kier molecular flexibility index (Phi) is 3.44. The SMILES string of the molecule is N#CC1C(=O)NC(=O)C(C(=O)S)C12CCCCC2. The molecule has 96 valence electrons. The second kappa shape index (κ2) is 4.73. The third kappa shape index (κ3) is 1.83. The molecule has 0 radical (unpaired) electrons. The van der Waals surface area contributed by atoms with Crippen molar-refractivity contribution in [2.24, 2.45) is 17.3 Å². The molecule has 2 aliphatic rings. The molecule has 1 heterocycles. The number of thiol groups is 1. The summed E-state index contributed by atoms with van der Waals surface area (Å²) in [5, 5.41) is 10.8. The van der Waals surface area contributed by atoms with Crippen LogP contribution in [0.1, 0.15) is 32.1 Å². The molecule has 2 unspecified atom stereocenters. The molecule has 0 aromatic heterocycles. The van der Waals surface area contributed by atoms with Crippen LogP contribution in [0.3, 0.4) is 0 Å². The first-order chi connectivity index (χ1) is 8.53. The molecule has 0 aromatic rings. The van der Waals surface area contributed by atoms with Crippen molar-refractivity contribution in [3.63, 3.8) is 0 Å². The molecular weight excluding hydrogens is 252 g/mol. The average molecular weight is 266 g/mol. The molecule has 1 N–H and O–H groups in total. The number of piperidine rings is 1. The summed E-state index contributed by atoms with van der Waals surface area (Å²) in [7, 11) is 0. The number of nitrogens with zero attached hydrogens (tertiary/aromatic N) is 1. The Morgan fingerprint density at radius 2 is 1.89 bits per heavy atom. The zero-order valence-corrected chi connectivity index (χ0v) is 10.7. The summed E-state index contributed by atoms with van der Waals surface area (Å²) in [4.78, 5) is 35.3. The molecule has 2 amide bonds. The Bertz CT molecular complexity index is 449. The highest BCUT2D eigenvalue weighted by atomic mass is 32.1. The molecular formula is C12H14N2O3S. The molecule has 2 fully saturated rings. The van der Waals surface area contributed by atoms with Gasteiger partial charge in [-0.05, 0) is 12.8 Å². The summed E-state index contributed by atoms with van der Waals surface area (Å²) in [6.07, 6.45) is 3.78. The van der Waals surface area contributed by atoms with Crippen LogP contribution in [0, 0.1) is 28.6 Å². The number of nitrogens with one attached hydrogen (secondary N) is 1. The summed E-state index contributed by atoms with van der Waals surface area (Å²) in [6, 6.07) is 1.97. The lowest BCUT2D eigenvalue weighted by Gasteiger charge is -2.46. The molecule has 6 heteroatoms. The molecule has 2 rings (SSSR count). The van der Waals surface area contributed by atoms with E-state index in [-0.39, 0.29) is 0 Å². The number of carbonyl (C=O) groups excluding carboxylic acids is 3. The summed E-state index contributed by atoms with van der Waals surface area (Å²) < 4.78 is 0. The number of amides is 2. The van der Waals surface area contributed by atoms with Crippen molar-refractivity contribution in [1.29, 1.82) is 5.26 Å². The molecule has 0 aromatic carbocycles. The summed E-state index contributed by atoms with van der Waals surface area (Å²) in [5.74, 6) is -3.09. The van der Waals surface area contributed by atoms with Gasteiger partial charge >= 0.3 is 0 Å². The summed E-state index contributed by atoms with van der Waals surface area (Å²) in [5.41, 5.74) is -0.842. The average Bonchev–Trinajstić information content (AvgIpc) is 2.29. The predicted molar refractivity (Wildman–Crippen MR) is 65.3 cm³/mol. The van der Waals surface area contributed by atoms with Crippen molar-refractivity contribution >= 4 is 29.6 Å². The van der Waals surface area contributed by atoms with Crippen molar-refractivity contribution < 1.29 is 14.4 Å². The Hall–Kier alpha value is -1.35. The van der Waals surface area contributed by atoms with E-state index in [1.807, 2.05) is 6.07 Å². The van der Waals surface area contributed by atoms with Gasteiger partial charge in [-0.1, -0.05) is 19.3 Å². The minimum absolute atomic E-state index is 0.554. The first-order valence-electron chi connectivity index (χ1n) is 6.00. The van der Waals surface area contributed by atoms with Gasteiger partial charge in [-0.15, -0.1) is 12.6 Å². The number of carbonyl (C=O) groups is 3. The standard InChI is InChI=1S/C12H14N2O3S/c13-6-7-9(15)14-10(16)8(11(17)18)12(7)4-2-1-3-5-12/h7-8H,1-5H2,(H,17,18)(H,14,15,16). The molecule has 1 saturated carbocycles. The normalized spacial score (nSPS) is 30.7. The second-order valence-electron chi connectivity index (χ2n) is 4.98. The monoisotopic (exact) mass is 266 g/mol. The van der Waals surface area contributed by atoms with Crippen LogP contribution >= 0.6 is 12.6 Å². The van der Waals surface area contributed by atoms with Crippen LogP contribution in [0.4, 0.5) is 0 Å². The lowest BCUT2D eigenvalue weighted by molar-refractivity contribution is -0.152. The highest BCUT2D eigenvalue weighted by Gasteiger charge is 2.57. The Morgan fingerprint density at radius 3 is 2.39 bits per heavy atom. The van der Waals surface area contributed by atoms with Gasteiger partial charge in [0.15, 0.2) is 5.12 Å². The predicted octanol–water partition coefficient (Wildman–Crippen LogP) is 0.806. The quantitative estimate of drug-likeness (QED) is 0.417. The van der Waals surface area contributed by atoms with E-state index in [1.54, 1.807) is 0 Å². The molecule has 1 spiro atoms. The maximum Gasteiger partial charge on any atom is 0.244 e. The number of nitriles is 1. The van der Waals surface area contributed by atoms with E-state index in [9.17, 15) is 19.6 Å². The fourth-order valence-corrected chi connectivity index (χ4v) is 3.66. The van der Waals surface area contributed by atoms with E-state index in [0.29, 0.717) is 12.8 Å². The van der Waals surface area contributed by atoms with Gasteiger partial charge in [-0.3, -0.25) is 19.7 Å². The van der Waals surface area contributed by atoms with Crippen LogP contribution in [-0.4, -0.2) is 16.9 Å². The number of rotatable bonds is 1. The van der Waals surface area contributed by atoms with E-state index >= 15 is 0 Å². The van der Waals surface area contributed by atoms with Crippen LogP contribution < -0.4 is 5.32 Å².